The predicted octanol–water partition coefficient (Wildman–Crippen LogP) is 2.61. The Morgan fingerprint density at radius 1 is 1.19 bits per heavy atom. The number of morpholine rings is 1. The normalized spacial score (nSPS) is 17.5. The Hall–Kier alpha value is -2.26. The van der Waals surface area contributed by atoms with Crippen LogP contribution in [0.2, 0.25) is 0 Å². The van der Waals surface area contributed by atoms with Crippen molar-refractivity contribution in [1.29, 1.82) is 0 Å². The largest absolute Gasteiger partial charge is 0.490 e. The molecule has 0 bridgehead atoms. The minimum atomic E-state index is -0.580. The van der Waals surface area contributed by atoms with E-state index < -0.39 is 12.0 Å². The first-order valence-corrected chi connectivity index (χ1v) is 10.9. The molecule has 1 fully saturated rings. The van der Waals surface area contributed by atoms with Gasteiger partial charge >= 0.3 is 5.97 Å². The molecule has 170 valence electrons. The second kappa shape index (κ2) is 13.9. The summed E-state index contributed by atoms with van der Waals surface area (Å²) in [6.45, 7) is 4.94. The molecular weight excluding hydrogens is 416 g/mol. The molecule has 3 rings (SSSR count). The van der Waals surface area contributed by atoms with Crippen LogP contribution in [0.15, 0.2) is 54.6 Å². The number of esters is 1. The molecule has 3 N–H and O–H groups in total. The molecule has 0 amide bonds. The Morgan fingerprint density at radius 2 is 1.87 bits per heavy atom. The summed E-state index contributed by atoms with van der Waals surface area (Å²) in [5, 5.41) is 3.37. The number of carbonyl (C=O) groups excluding carboxylic acids is 1. The molecule has 1 heterocycles. The lowest BCUT2D eigenvalue weighted by Crippen LogP contribution is -2.43. The van der Waals surface area contributed by atoms with E-state index in [9.17, 15) is 4.79 Å². The zero-order valence-electron chi connectivity index (χ0n) is 18.0. The Labute approximate surface area is 189 Å². The third kappa shape index (κ3) is 8.06. The van der Waals surface area contributed by atoms with E-state index >= 15 is 0 Å². The van der Waals surface area contributed by atoms with Gasteiger partial charge < -0.3 is 30.0 Å². The first-order chi connectivity index (χ1) is 15.1. The lowest BCUT2D eigenvalue weighted by atomic mass is 10.0. The maximum absolute atomic E-state index is 10.3. The summed E-state index contributed by atoms with van der Waals surface area (Å²) in [5.74, 6) is 1.42. The van der Waals surface area contributed by atoms with Crippen LogP contribution >= 0.6 is 12.6 Å². The molecule has 7 nitrogen and oxygen atoms in total. The van der Waals surface area contributed by atoms with Crippen molar-refractivity contribution in [2.24, 2.45) is 5.73 Å². The van der Waals surface area contributed by atoms with E-state index in [0.29, 0.717) is 19.0 Å². The maximum atomic E-state index is 10.3. The lowest BCUT2D eigenvalue weighted by molar-refractivity contribution is -0.141. The summed E-state index contributed by atoms with van der Waals surface area (Å²) >= 11 is 3.78. The number of hydrogen-bond acceptors (Lipinski definition) is 8. The fourth-order valence-corrected chi connectivity index (χ4v) is 3.12. The van der Waals surface area contributed by atoms with Gasteiger partial charge in [0.05, 0.1) is 20.3 Å². The zero-order chi connectivity index (χ0) is 22.5. The highest BCUT2D eigenvalue weighted by molar-refractivity contribution is 7.80. The number of methoxy groups -OCH3 is 1. The third-order valence-corrected chi connectivity index (χ3v) is 4.92. The van der Waals surface area contributed by atoms with E-state index in [-0.39, 0.29) is 12.2 Å². The van der Waals surface area contributed by atoms with E-state index in [1.807, 2.05) is 49.4 Å². The molecule has 0 spiro atoms. The topological polar surface area (TPSA) is 92.0 Å². The highest BCUT2D eigenvalue weighted by atomic mass is 32.1. The van der Waals surface area contributed by atoms with E-state index in [4.69, 9.17) is 19.9 Å². The second-order valence-electron chi connectivity index (χ2n) is 6.75. The van der Waals surface area contributed by atoms with Crippen molar-refractivity contribution < 1.29 is 23.7 Å². The molecule has 0 saturated carbocycles. The Morgan fingerprint density at radius 3 is 2.42 bits per heavy atom. The van der Waals surface area contributed by atoms with E-state index in [2.05, 4.69) is 34.8 Å². The Kier molecular flexibility index (Phi) is 11.2. The van der Waals surface area contributed by atoms with Crippen LogP contribution in [0, 0.1) is 0 Å². The number of hydrogen-bond donors (Lipinski definition) is 3. The first-order valence-electron chi connectivity index (χ1n) is 10.3. The monoisotopic (exact) mass is 448 g/mol. The van der Waals surface area contributed by atoms with Crippen molar-refractivity contribution >= 4 is 18.6 Å². The minimum absolute atomic E-state index is 0.0270. The Bertz CT molecular complexity index is 772. The van der Waals surface area contributed by atoms with Gasteiger partial charge in [-0.05, 0) is 24.6 Å². The van der Waals surface area contributed by atoms with Crippen LogP contribution in [0.5, 0.6) is 11.5 Å². The van der Waals surface area contributed by atoms with Crippen LogP contribution < -0.4 is 20.5 Å². The fraction of sp³-hybridized carbons (Fsp3) is 0.435. The van der Waals surface area contributed by atoms with Crippen molar-refractivity contribution in [3.05, 3.63) is 60.2 Å². The number of thiol groups is 1. The van der Waals surface area contributed by atoms with Crippen LogP contribution in [-0.2, 0) is 14.3 Å². The van der Waals surface area contributed by atoms with E-state index in [1.165, 1.54) is 7.11 Å². The number of carbonyl (C=O) groups is 1. The zero-order valence-corrected chi connectivity index (χ0v) is 18.9. The SMILES string of the molecule is CCOc1ccccc1O[C@H](c1ccccc1)[C@H]1CNCCO1.COC(=O)[C@@H](N)CS. The average Bonchev–Trinajstić information content (AvgIpc) is 2.84. The number of para-hydroxylation sites is 2. The van der Waals surface area contributed by atoms with Gasteiger partial charge in [-0.15, -0.1) is 0 Å². The van der Waals surface area contributed by atoms with Gasteiger partial charge in [0.1, 0.15) is 12.1 Å². The lowest BCUT2D eigenvalue weighted by Gasteiger charge is -2.32. The molecule has 0 radical (unpaired) electrons. The molecule has 0 aromatic heterocycles. The van der Waals surface area contributed by atoms with Gasteiger partial charge in [0.25, 0.3) is 0 Å². The minimum Gasteiger partial charge on any atom is -0.490 e. The molecule has 8 heteroatoms. The molecule has 1 saturated heterocycles. The van der Waals surface area contributed by atoms with Crippen molar-refractivity contribution in [3.63, 3.8) is 0 Å². The molecule has 1 aliphatic rings. The van der Waals surface area contributed by atoms with Crippen LogP contribution in [-0.4, -0.2) is 57.3 Å². The van der Waals surface area contributed by atoms with Gasteiger partial charge in [-0.1, -0.05) is 42.5 Å². The van der Waals surface area contributed by atoms with Gasteiger partial charge in [0.2, 0.25) is 0 Å². The molecule has 1 aliphatic heterocycles. The highest BCUT2D eigenvalue weighted by Crippen LogP contribution is 2.33. The highest BCUT2D eigenvalue weighted by Gasteiger charge is 2.28. The molecule has 0 unspecified atom stereocenters. The van der Waals surface area contributed by atoms with Crippen LogP contribution in [0.3, 0.4) is 0 Å². The summed E-state index contributed by atoms with van der Waals surface area (Å²) < 4.78 is 22.2. The molecule has 3 atom stereocenters. The molecule has 2 aromatic carbocycles. The van der Waals surface area contributed by atoms with E-state index in [0.717, 1.165) is 30.2 Å². The van der Waals surface area contributed by atoms with Crippen LogP contribution in [0.4, 0.5) is 0 Å². The fourth-order valence-electron chi connectivity index (χ4n) is 2.97. The summed E-state index contributed by atoms with van der Waals surface area (Å²) in [5.41, 5.74) is 6.28. The molecular formula is C23H32N2O5S. The van der Waals surface area contributed by atoms with Crippen molar-refractivity contribution in [2.45, 2.75) is 25.2 Å². The molecule has 2 aromatic rings. The van der Waals surface area contributed by atoms with Crippen LogP contribution in [0.1, 0.15) is 18.6 Å². The quantitative estimate of drug-likeness (QED) is 0.422. The molecule has 0 aliphatic carbocycles. The van der Waals surface area contributed by atoms with Gasteiger partial charge in [-0.2, -0.15) is 12.6 Å². The van der Waals surface area contributed by atoms with Crippen molar-refractivity contribution in [2.75, 3.05) is 39.2 Å². The number of rotatable bonds is 8. The summed E-state index contributed by atoms with van der Waals surface area (Å²) in [4.78, 5) is 10.3. The third-order valence-electron chi connectivity index (χ3n) is 4.53. The summed E-state index contributed by atoms with van der Waals surface area (Å²) in [6, 6.07) is 17.4. The smallest absolute Gasteiger partial charge is 0.323 e. The number of ether oxygens (including phenoxy) is 4. The number of nitrogens with one attached hydrogen (secondary N) is 1. The average molecular weight is 449 g/mol. The predicted molar refractivity (Wildman–Crippen MR) is 124 cm³/mol. The van der Waals surface area contributed by atoms with Crippen molar-refractivity contribution in [1.82, 2.24) is 5.32 Å². The number of nitrogens with two attached hydrogens (primary N) is 1. The van der Waals surface area contributed by atoms with Gasteiger partial charge in [0, 0.05) is 18.8 Å². The maximum Gasteiger partial charge on any atom is 0.323 e. The van der Waals surface area contributed by atoms with Gasteiger partial charge in [0.15, 0.2) is 17.6 Å². The van der Waals surface area contributed by atoms with Crippen molar-refractivity contribution in [3.8, 4) is 11.5 Å². The molecule has 31 heavy (non-hydrogen) atoms. The van der Waals surface area contributed by atoms with Gasteiger partial charge in [-0.3, -0.25) is 4.79 Å². The van der Waals surface area contributed by atoms with Crippen LogP contribution in [0.25, 0.3) is 0 Å². The standard InChI is InChI=1S/C19H23NO3.C4H9NO2S/c1-2-21-16-10-6-7-11-17(16)23-19(15-8-4-3-5-9-15)18-14-20-12-13-22-18;1-7-4(6)3(5)2-8/h3-11,18-20H,2,12-14H2,1H3;3,8H,2,5H2,1H3/t18-,19-;3-/m10/s1. The summed E-state index contributed by atoms with van der Waals surface area (Å²) in [7, 11) is 1.30. The number of benzene rings is 2. The second-order valence-corrected chi connectivity index (χ2v) is 7.12. The first kappa shape index (κ1) is 25.0. The van der Waals surface area contributed by atoms with E-state index in [1.54, 1.807) is 0 Å². The summed E-state index contributed by atoms with van der Waals surface area (Å²) in [6.07, 6.45) is -0.202. The Balaban J connectivity index is 0.000000366. The van der Waals surface area contributed by atoms with Gasteiger partial charge in [-0.25, -0.2) is 0 Å².